The van der Waals surface area contributed by atoms with Gasteiger partial charge in [-0.05, 0) is 42.5 Å². The van der Waals surface area contributed by atoms with Crippen LogP contribution in [0.25, 0.3) is 16.6 Å². The minimum atomic E-state index is -0.451. The number of thioether (sulfide) groups is 1. The topological polar surface area (TPSA) is 76.3 Å². The minimum absolute atomic E-state index is 0.0318. The Morgan fingerprint density at radius 2 is 1.88 bits per heavy atom. The summed E-state index contributed by atoms with van der Waals surface area (Å²) in [6.07, 6.45) is 1.23. The lowest BCUT2D eigenvalue weighted by molar-refractivity contribution is -0.118. The first-order valence-electron chi connectivity index (χ1n) is 9.50. The van der Waals surface area contributed by atoms with Crippen LogP contribution in [-0.4, -0.2) is 27.4 Å². The highest BCUT2D eigenvalue weighted by Gasteiger charge is 2.14. The zero-order valence-electron chi connectivity index (χ0n) is 16.5. The number of halogens is 2. The van der Waals surface area contributed by atoms with E-state index in [4.69, 9.17) is 0 Å². The fourth-order valence-corrected chi connectivity index (χ4v) is 4.15. The van der Waals surface area contributed by atoms with Gasteiger partial charge in [0.25, 0.3) is 11.5 Å². The molecule has 0 aliphatic carbocycles. The molecule has 4 aromatic rings. The predicted molar refractivity (Wildman–Crippen MR) is 128 cm³/mol. The molecule has 0 bridgehead atoms. The van der Waals surface area contributed by atoms with Crippen LogP contribution in [0.1, 0.15) is 5.56 Å². The van der Waals surface area contributed by atoms with Crippen LogP contribution in [0.4, 0.5) is 4.39 Å². The number of benzene rings is 3. The number of amides is 1. The smallest absolute Gasteiger partial charge is 0.266 e. The molecular weight excluding hydrogens is 495 g/mol. The SMILES string of the molecule is O=C(CSc1nc2ccccc2c(=O)n1-c1ccccc1)N/N=C\c1cc(Br)ccc1F. The summed E-state index contributed by atoms with van der Waals surface area (Å²) in [6, 6.07) is 20.6. The van der Waals surface area contributed by atoms with Crippen LogP contribution in [0.15, 0.2) is 92.3 Å². The van der Waals surface area contributed by atoms with E-state index in [-0.39, 0.29) is 16.9 Å². The van der Waals surface area contributed by atoms with Crippen molar-refractivity contribution in [2.24, 2.45) is 5.10 Å². The molecule has 6 nitrogen and oxygen atoms in total. The van der Waals surface area contributed by atoms with Gasteiger partial charge in [-0.15, -0.1) is 0 Å². The zero-order chi connectivity index (χ0) is 22.5. The van der Waals surface area contributed by atoms with E-state index < -0.39 is 11.7 Å². The highest BCUT2D eigenvalue weighted by Crippen LogP contribution is 2.21. The van der Waals surface area contributed by atoms with Crippen molar-refractivity contribution in [3.05, 3.63) is 99.0 Å². The van der Waals surface area contributed by atoms with Crippen molar-refractivity contribution in [2.75, 3.05) is 5.75 Å². The van der Waals surface area contributed by atoms with E-state index in [1.165, 1.54) is 16.8 Å². The molecule has 0 saturated carbocycles. The lowest BCUT2D eigenvalue weighted by Crippen LogP contribution is -2.24. The number of carbonyl (C=O) groups excluding carboxylic acids is 1. The first-order valence-corrected chi connectivity index (χ1v) is 11.3. The molecule has 0 spiro atoms. The average molecular weight is 511 g/mol. The normalized spacial score (nSPS) is 11.2. The number of hydrogen-bond acceptors (Lipinski definition) is 5. The summed E-state index contributed by atoms with van der Waals surface area (Å²) in [5.41, 5.74) is 3.60. The van der Waals surface area contributed by atoms with Gasteiger partial charge in [0.15, 0.2) is 5.16 Å². The van der Waals surface area contributed by atoms with E-state index in [2.05, 4.69) is 31.4 Å². The van der Waals surface area contributed by atoms with Crippen LogP contribution in [0.3, 0.4) is 0 Å². The van der Waals surface area contributed by atoms with Crippen LogP contribution >= 0.6 is 27.7 Å². The number of hydrogen-bond donors (Lipinski definition) is 1. The molecular formula is C23H16BrFN4O2S. The van der Waals surface area contributed by atoms with Crippen LogP contribution in [-0.2, 0) is 4.79 Å². The third kappa shape index (κ3) is 4.95. The second-order valence-corrected chi connectivity index (χ2v) is 8.49. The predicted octanol–water partition coefficient (Wildman–Crippen LogP) is 4.53. The third-order valence-corrected chi connectivity index (χ3v) is 5.87. The van der Waals surface area contributed by atoms with Gasteiger partial charge in [0.05, 0.1) is 28.6 Å². The maximum absolute atomic E-state index is 13.8. The first kappa shape index (κ1) is 21.9. The summed E-state index contributed by atoms with van der Waals surface area (Å²) in [6.45, 7) is 0. The standard InChI is InChI=1S/C23H16BrFN4O2S/c24-16-10-11-19(25)15(12-16)13-26-28-21(30)14-32-23-27-20-9-5-4-8-18(20)22(31)29(23)17-6-2-1-3-7-17/h1-13H,14H2,(H,28,30)/b26-13-. The molecule has 32 heavy (non-hydrogen) atoms. The van der Waals surface area contributed by atoms with Gasteiger partial charge in [-0.25, -0.2) is 14.8 Å². The Kier molecular flexibility index (Phi) is 6.77. The number of hydrazone groups is 1. The van der Waals surface area contributed by atoms with Crippen molar-refractivity contribution >= 4 is 50.7 Å². The van der Waals surface area contributed by atoms with E-state index in [1.807, 2.05) is 18.2 Å². The Morgan fingerprint density at radius 1 is 1.12 bits per heavy atom. The lowest BCUT2D eigenvalue weighted by Gasteiger charge is -2.12. The van der Waals surface area contributed by atoms with Gasteiger partial charge in [0, 0.05) is 10.0 Å². The van der Waals surface area contributed by atoms with Gasteiger partial charge in [0.1, 0.15) is 5.82 Å². The number of nitrogens with one attached hydrogen (secondary N) is 1. The van der Waals surface area contributed by atoms with Gasteiger partial charge in [0.2, 0.25) is 0 Å². The summed E-state index contributed by atoms with van der Waals surface area (Å²) in [5, 5.41) is 4.69. The summed E-state index contributed by atoms with van der Waals surface area (Å²) < 4.78 is 15.9. The van der Waals surface area contributed by atoms with Crippen molar-refractivity contribution in [1.82, 2.24) is 15.0 Å². The Labute approximate surface area is 195 Å². The molecule has 9 heteroatoms. The van der Waals surface area contributed by atoms with Crippen LogP contribution in [0, 0.1) is 5.82 Å². The summed E-state index contributed by atoms with van der Waals surface area (Å²) >= 11 is 4.38. The molecule has 0 fully saturated rings. The van der Waals surface area contributed by atoms with Crippen LogP contribution < -0.4 is 11.0 Å². The van der Waals surface area contributed by atoms with Crippen molar-refractivity contribution in [3.63, 3.8) is 0 Å². The number of rotatable bonds is 6. The molecule has 160 valence electrons. The molecule has 1 heterocycles. The lowest BCUT2D eigenvalue weighted by atomic mass is 10.2. The molecule has 0 radical (unpaired) electrons. The zero-order valence-corrected chi connectivity index (χ0v) is 18.9. The first-order chi connectivity index (χ1) is 15.5. The molecule has 0 unspecified atom stereocenters. The quantitative estimate of drug-likeness (QED) is 0.179. The maximum atomic E-state index is 13.8. The minimum Gasteiger partial charge on any atom is -0.272 e. The molecule has 1 amide bonds. The monoisotopic (exact) mass is 510 g/mol. The third-order valence-electron chi connectivity index (χ3n) is 4.44. The largest absolute Gasteiger partial charge is 0.272 e. The number of para-hydroxylation sites is 2. The van der Waals surface area contributed by atoms with E-state index >= 15 is 0 Å². The van der Waals surface area contributed by atoms with Gasteiger partial charge < -0.3 is 0 Å². The Hall–Kier alpha value is -3.30. The second kappa shape index (κ2) is 9.88. The molecule has 0 aliphatic heterocycles. The summed E-state index contributed by atoms with van der Waals surface area (Å²) in [5.74, 6) is -0.896. The summed E-state index contributed by atoms with van der Waals surface area (Å²) in [7, 11) is 0. The van der Waals surface area contributed by atoms with Crippen LogP contribution in [0.2, 0.25) is 0 Å². The summed E-state index contributed by atoms with van der Waals surface area (Å²) in [4.78, 5) is 30.0. The molecule has 1 aromatic heterocycles. The number of fused-ring (bicyclic) bond motifs is 1. The molecule has 3 aromatic carbocycles. The maximum Gasteiger partial charge on any atom is 0.266 e. The van der Waals surface area contributed by atoms with Crippen molar-refractivity contribution in [3.8, 4) is 5.69 Å². The van der Waals surface area contributed by atoms with Crippen LogP contribution in [0.5, 0.6) is 0 Å². The van der Waals surface area contributed by atoms with Gasteiger partial charge in [-0.1, -0.05) is 58.0 Å². The molecule has 0 saturated heterocycles. The molecule has 4 rings (SSSR count). The van der Waals surface area contributed by atoms with E-state index in [1.54, 1.807) is 48.5 Å². The Balaban J connectivity index is 1.55. The van der Waals surface area contributed by atoms with E-state index in [9.17, 15) is 14.0 Å². The van der Waals surface area contributed by atoms with E-state index in [0.717, 1.165) is 11.8 Å². The number of aromatic nitrogens is 2. The molecule has 0 atom stereocenters. The Bertz CT molecular complexity index is 1380. The fraction of sp³-hybridized carbons (Fsp3) is 0.0435. The number of nitrogens with zero attached hydrogens (tertiary/aromatic N) is 3. The number of carbonyl (C=O) groups is 1. The fourth-order valence-electron chi connectivity index (χ4n) is 2.96. The van der Waals surface area contributed by atoms with Gasteiger partial charge >= 0.3 is 0 Å². The van der Waals surface area contributed by atoms with E-state index in [0.29, 0.717) is 26.2 Å². The van der Waals surface area contributed by atoms with Gasteiger partial charge in [-0.3, -0.25) is 14.2 Å². The second-order valence-electron chi connectivity index (χ2n) is 6.64. The highest BCUT2D eigenvalue weighted by molar-refractivity contribution is 9.10. The average Bonchev–Trinajstić information content (AvgIpc) is 2.80. The van der Waals surface area contributed by atoms with Crippen molar-refractivity contribution < 1.29 is 9.18 Å². The van der Waals surface area contributed by atoms with Crippen molar-refractivity contribution in [2.45, 2.75) is 5.16 Å². The van der Waals surface area contributed by atoms with Gasteiger partial charge in [-0.2, -0.15) is 5.10 Å². The highest BCUT2D eigenvalue weighted by atomic mass is 79.9. The van der Waals surface area contributed by atoms with Crippen molar-refractivity contribution in [1.29, 1.82) is 0 Å². The molecule has 1 N–H and O–H groups in total. The molecule has 0 aliphatic rings. The Morgan fingerprint density at radius 3 is 2.69 bits per heavy atom.